The molecular formula is C13H15F3N2OS. The lowest BCUT2D eigenvalue weighted by Gasteiger charge is -2.26. The van der Waals surface area contributed by atoms with Crippen LogP contribution in [0.25, 0.3) is 0 Å². The number of amides is 1. The van der Waals surface area contributed by atoms with Crippen molar-refractivity contribution in [3.63, 3.8) is 0 Å². The smallest absolute Gasteiger partial charge is 0.323 e. The van der Waals surface area contributed by atoms with E-state index in [1.165, 1.54) is 17.8 Å². The standard InChI is InChI=1S/C13H15F3N2OS/c1-3-8-20-10-7-5-4-6-9(10)18-11(19)12(2,17)13(14,15)16/h3-7H,1,8,17H2,2H3,(H,18,19). The van der Waals surface area contributed by atoms with Crippen molar-refractivity contribution < 1.29 is 18.0 Å². The van der Waals surface area contributed by atoms with Gasteiger partial charge in [-0.05, 0) is 19.1 Å². The first-order chi connectivity index (χ1) is 9.20. The molecule has 0 aliphatic carbocycles. The number of nitrogens with two attached hydrogens (primary N) is 1. The molecule has 1 rings (SSSR count). The summed E-state index contributed by atoms with van der Waals surface area (Å²) >= 11 is 1.35. The molecule has 3 nitrogen and oxygen atoms in total. The molecule has 7 heteroatoms. The van der Waals surface area contributed by atoms with Crippen LogP contribution in [0.15, 0.2) is 41.8 Å². The molecule has 0 saturated heterocycles. The van der Waals surface area contributed by atoms with Crippen LogP contribution in [0.5, 0.6) is 0 Å². The summed E-state index contributed by atoms with van der Waals surface area (Å²) in [6, 6.07) is 6.57. The molecule has 0 aliphatic heterocycles. The van der Waals surface area contributed by atoms with Crippen LogP contribution in [0.2, 0.25) is 0 Å². The minimum Gasteiger partial charge on any atom is -0.323 e. The van der Waals surface area contributed by atoms with Gasteiger partial charge in [-0.15, -0.1) is 18.3 Å². The number of benzene rings is 1. The average Bonchev–Trinajstić information content (AvgIpc) is 2.36. The molecule has 110 valence electrons. The van der Waals surface area contributed by atoms with E-state index in [2.05, 4.69) is 11.9 Å². The summed E-state index contributed by atoms with van der Waals surface area (Å²) in [6.07, 6.45) is -3.16. The summed E-state index contributed by atoms with van der Waals surface area (Å²) in [5.41, 5.74) is 2.43. The van der Waals surface area contributed by atoms with E-state index >= 15 is 0 Å². The van der Waals surface area contributed by atoms with E-state index in [4.69, 9.17) is 5.73 Å². The van der Waals surface area contributed by atoms with Gasteiger partial charge >= 0.3 is 6.18 Å². The Labute approximate surface area is 119 Å². The molecule has 0 spiro atoms. The second-order valence-electron chi connectivity index (χ2n) is 4.25. The van der Waals surface area contributed by atoms with Gasteiger partial charge in [0.15, 0.2) is 5.54 Å². The topological polar surface area (TPSA) is 55.1 Å². The van der Waals surface area contributed by atoms with Gasteiger partial charge in [0.1, 0.15) is 0 Å². The molecular weight excluding hydrogens is 289 g/mol. The summed E-state index contributed by atoms with van der Waals surface area (Å²) in [4.78, 5) is 12.4. The minimum absolute atomic E-state index is 0.297. The molecule has 0 aliphatic rings. The van der Waals surface area contributed by atoms with E-state index in [9.17, 15) is 18.0 Å². The van der Waals surface area contributed by atoms with E-state index < -0.39 is 17.6 Å². The zero-order chi connectivity index (χ0) is 15.4. The number of rotatable bonds is 5. The van der Waals surface area contributed by atoms with Gasteiger partial charge < -0.3 is 11.1 Å². The molecule has 3 N–H and O–H groups in total. The van der Waals surface area contributed by atoms with Crippen LogP contribution in [-0.4, -0.2) is 23.4 Å². The molecule has 1 atom stereocenters. The predicted octanol–water partition coefficient (Wildman–Crippen LogP) is 3.18. The van der Waals surface area contributed by atoms with Gasteiger partial charge in [0.2, 0.25) is 0 Å². The Balaban J connectivity index is 2.93. The lowest BCUT2D eigenvalue weighted by molar-refractivity contribution is -0.184. The summed E-state index contributed by atoms with van der Waals surface area (Å²) in [5.74, 6) is -0.719. The molecule has 0 radical (unpaired) electrons. The van der Waals surface area contributed by atoms with Crippen LogP contribution in [0.1, 0.15) is 6.92 Å². The third kappa shape index (κ3) is 3.77. The van der Waals surface area contributed by atoms with E-state index in [0.717, 1.165) is 0 Å². The number of carbonyl (C=O) groups excluding carboxylic acids is 1. The van der Waals surface area contributed by atoms with Crippen molar-refractivity contribution in [2.45, 2.75) is 23.5 Å². The fourth-order valence-electron chi connectivity index (χ4n) is 1.23. The number of hydrogen-bond acceptors (Lipinski definition) is 3. The first-order valence-corrected chi connectivity index (χ1v) is 6.68. The van der Waals surface area contributed by atoms with Crippen molar-refractivity contribution in [1.82, 2.24) is 0 Å². The molecule has 0 bridgehead atoms. The van der Waals surface area contributed by atoms with Crippen molar-refractivity contribution in [1.29, 1.82) is 0 Å². The molecule has 20 heavy (non-hydrogen) atoms. The van der Waals surface area contributed by atoms with Crippen molar-refractivity contribution in [3.05, 3.63) is 36.9 Å². The minimum atomic E-state index is -4.82. The number of nitrogens with one attached hydrogen (secondary N) is 1. The van der Waals surface area contributed by atoms with Crippen LogP contribution < -0.4 is 11.1 Å². The molecule has 0 aromatic heterocycles. The molecule has 1 unspecified atom stereocenters. The zero-order valence-corrected chi connectivity index (χ0v) is 11.6. The number of hydrogen-bond donors (Lipinski definition) is 2. The maximum atomic E-state index is 12.7. The number of carbonyl (C=O) groups is 1. The van der Waals surface area contributed by atoms with E-state index in [-0.39, 0.29) is 0 Å². The average molecular weight is 304 g/mol. The van der Waals surface area contributed by atoms with E-state index in [1.807, 2.05) is 0 Å². The van der Waals surface area contributed by atoms with Gasteiger partial charge in [0, 0.05) is 10.6 Å². The van der Waals surface area contributed by atoms with Crippen LogP contribution >= 0.6 is 11.8 Å². The number of alkyl halides is 3. The highest BCUT2D eigenvalue weighted by Gasteiger charge is 2.54. The van der Waals surface area contributed by atoms with Crippen molar-refractivity contribution in [2.24, 2.45) is 5.73 Å². The van der Waals surface area contributed by atoms with Crippen molar-refractivity contribution in [3.8, 4) is 0 Å². The van der Waals surface area contributed by atoms with Crippen molar-refractivity contribution in [2.75, 3.05) is 11.1 Å². The van der Waals surface area contributed by atoms with Gasteiger partial charge in [-0.2, -0.15) is 13.2 Å². The predicted molar refractivity (Wildman–Crippen MR) is 74.6 cm³/mol. The Bertz CT molecular complexity index is 501. The lowest BCUT2D eigenvalue weighted by atomic mass is 10.0. The molecule has 1 aromatic carbocycles. The van der Waals surface area contributed by atoms with E-state index in [1.54, 1.807) is 24.3 Å². The highest BCUT2D eigenvalue weighted by molar-refractivity contribution is 7.99. The Kier molecular flexibility index (Phi) is 5.24. The SMILES string of the molecule is C=CCSc1ccccc1NC(=O)C(C)(N)C(F)(F)F. The third-order valence-corrected chi connectivity index (χ3v) is 3.62. The first kappa shape index (κ1) is 16.6. The summed E-state index contributed by atoms with van der Waals surface area (Å²) in [7, 11) is 0. The Morgan fingerprint density at radius 2 is 2.05 bits per heavy atom. The number of halogens is 3. The fraction of sp³-hybridized carbons (Fsp3) is 0.308. The van der Waals surface area contributed by atoms with Gasteiger partial charge in [-0.25, -0.2) is 0 Å². The molecule has 0 fully saturated rings. The Morgan fingerprint density at radius 3 is 2.60 bits per heavy atom. The monoisotopic (exact) mass is 304 g/mol. The maximum absolute atomic E-state index is 12.7. The second-order valence-corrected chi connectivity index (χ2v) is 5.31. The molecule has 1 aromatic rings. The van der Waals surface area contributed by atoms with Crippen LogP contribution in [0.3, 0.4) is 0 Å². The van der Waals surface area contributed by atoms with Crippen molar-refractivity contribution >= 4 is 23.4 Å². The Hall–Kier alpha value is -1.47. The van der Waals surface area contributed by atoms with Gasteiger partial charge in [-0.1, -0.05) is 18.2 Å². The maximum Gasteiger partial charge on any atom is 0.415 e. The molecule has 0 saturated carbocycles. The third-order valence-electron chi connectivity index (χ3n) is 2.55. The fourth-order valence-corrected chi connectivity index (χ4v) is 1.97. The van der Waals surface area contributed by atoms with Crippen LogP contribution in [0, 0.1) is 0 Å². The Morgan fingerprint density at radius 1 is 1.45 bits per heavy atom. The van der Waals surface area contributed by atoms with Gasteiger partial charge in [-0.3, -0.25) is 4.79 Å². The van der Waals surface area contributed by atoms with Crippen LogP contribution in [-0.2, 0) is 4.79 Å². The molecule has 1 amide bonds. The summed E-state index contributed by atoms with van der Waals surface area (Å²) < 4.78 is 38.1. The summed E-state index contributed by atoms with van der Waals surface area (Å²) in [6.45, 7) is 4.20. The largest absolute Gasteiger partial charge is 0.415 e. The first-order valence-electron chi connectivity index (χ1n) is 5.70. The zero-order valence-electron chi connectivity index (χ0n) is 10.8. The molecule has 0 heterocycles. The number of para-hydroxylation sites is 1. The normalized spacial score (nSPS) is 14.4. The summed E-state index contributed by atoms with van der Waals surface area (Å²) in [5, 5.41) is 2.23. The quantitative estimate of drug-likeness (QED) is 0.649. The second kappa shape index (κ2) is 6.32. The van der Waals surface area contributed by atoms with Gasteiger partial charge in [0.25, 0.3) is 5.91 Å². The number of thioether (sulfide) groups is 1. The number of anilines is 1. The highest BCUT2D eigenvalue weighted by atomic mass is 32.2. The lowest BCUT2D eigenvalue weighted by Crippen LogP contribution is -2.59. The van der Waals surface area contributed by atoms with Gasteiger partial charge in [0.05, 0.1) is 5.69 Å². The highest BCUT2D eigenvalue weighted by Crippen LogP contribution is 2.31. The van der Waals surface area contributed by atoms with E-state index in [0.29, 0.717) is 23.3 Å². The van der Waals surface area contributed by atoms with Crippen LogP contribution in [0.4, 0.5) is 18.9 Å².